The van der Waals surface area contributed by atoms with Gasteiger partial charge in [-0.15, -0.1) is 10.2 Å². The van der Waals surface area contributed by atoms with Gasteiger partial charge in [-0.1, -0.05) is 23.2 Å². The Bertz CT molecular complexity index is 1340. The monoisotopic (exact) mass is 571 g/mol. The Kier molecular flexibility index (Phi) is 8.49. The molecule has 0 fully saturated rings. The van der Waals surface area contributed by atoms with Crippen molar-refractivity contribution in [3.8, 4) is 17.1 Å². The number of aromatic nitrogens is 6. The number of pyridine rings is 1. The first-order valence-electron chi connectivity index (χ1n) is 11.6. The van der Waals surface area contributed by atoms with E-state index in [0.29, 0.717) is 28.8 Å². The number of nitrogens with zero attached hydrogens (tertiary/aromatic N) is 6. The summed E-state index contributed by atoms with van der Waals surface area (Å²) in [5.74, 6) is 0.888. The summed E-state index contributed by atoms with van der Waals surface area (Å²) in [6, 6.07) is 1.22. The third-order valence-electron chi connectivity index (χ3n) is 5.56. The van der Waals surface area contributed by atoms with E-state index in [9.17, 15) is 8.42 Å². The fourth-order valence-corrected chi connectivity index (χ4v) is 5.19. The fraction of sp³-hybridized carbons (Fsp3) is 0.500. The number of sulfonamides is 1. The Morgan fingerprint density at radius 2 is 1.92 bits per heavy atom. The van der Waals surface area contributed by atoms with Crippen LogP contribution in [0.15, 0.2) is 24.7 Å². The zero-order chi connectivity index (χ0) is 26.7. The summed E-state index contributed by atoms with van der Waals surface area (Å²) >= 11 is 12.2. The predicted molar refractivity (Wildman–Crippen MR) is 137 cm³/mol. The van der Waals surface area contributed by atoms with Gasteiger partial charge < -0.3 is 14.2 Å². The lowest BCUT2D eigenvalue weighted by molar-refractivity contribution is 0.00154. The molecule has 15 heteroatoms. The van der Waals surface area contributed by atoms with Gasteiger partial charge in [-0.2, -0.15) is 0 Å². The minimum atomic E-state index is -4.09. The van der Waals surface area contributed by atoms with Gasteiger partial charge in [-0.25, -0.2) is 23.4 Å². The van der Waals surface area contributed by atoms with Crippen LogP contribution in [-0.2, 0) is 19.5 Å². The van der Waals surface area contributed by atoms with Gasteiger partial charge in [0, 0.05) is 25.2 Å². The Hall–Kier alpha value is -2.58. The molecule has 0 aromatic carbocycles. The van der Waals surface area contributed by atoms with E-state index in [1.807, 2.05) is 6.92 Å². The summed E-state index contributed by atoms with van der Waals surface area (Å²) in [7, 11) is -4.09. The maximum Gasteiger partial charge on any atom is 0.240 e. The van der Waals surface area contributed by atoms with Gasteiger partial charge in [-0.3, -0.25) is 9.29 Å². The molecule has 0 saturated carbocycles. The molecule has 0 radical (unpaired) electrons. The first-order chi connectivity index (χ1) is 17.6. The molecule has 1 N–H and O–H groups in total. The van der Waals surface area contributed by atoms with Gasteiger partial charge in [0.15, 0.2) is 22.6 Å². The van der Waals surface area contributed by atoms with Crippen molar-refractivity contribution in [2.24, 2.45) is 0 Å². The van der Waals surface area contributed by atoms with Crippen LogP contribution in [0.5, 0.6) is 5.75 Å². The molecule has 0 spiro atoms. The highest BCUT2D eigenvalue weighted by molar-refractivity contribution is 7.93. The maximum absolute atomic E-state index is 13.6. The smallest absolute Gasteiger partial charge is 0.240 e. The molecule has 12 nitrogen and oxygen atoms in total. The van der Waals surface area contributed by atoms with Crippen molar-refractivity contribution in [2.45, 2.75) is 51.2 Å². The largest absolute Gasteiger partial charge is 0.487 e. The zero-order valence-corrected chi connectivity index (χ0v) is 23.0. The van der Waals surface area contributed by atoms with Crippen LogP contribution < -0.4 is 9.46 Å². The summed E-state index contributed by atoms with van der Waals surface area (Å²) in [5, 5.41) is 7.79. The van der Waals surface area contributed by atoms with E-state index in [4.69, 9.17) is 37.4 Å². The lowest BCUT2D eigenvalue weighted by Crippen LogP contribution is -2.35. The molecule has 1 aliphatic rings. The van der Waals surface area contributed by atoms with Crippen LogP contribution >= 0.6 is 23.2 Å². The molecule has 0 bridgehead atoms. The lowest BCUT2D eigenvalue weighted by atomic mass is 10.2. The highest BCUT2D eigenvalue weighted by Gasteiger charge is 2.37. The topological polar surface area (TPSA) is 143 Å². The second-order valence-electron chi connectivity index (χ2n) is 8.54. The number of ether oxygens (including phenoxy) is 3. The van der Waals surface area contributed by atoms with E-state index >= 15 is 0 Å². The molecule has 3 aromatic rings. The Balaban J connectivity index is 1.72. The molecular weight excluding hydrogens is 545 g/mol. The van der Waals surface area contributed by atoms with Crippen LogP contribution in [0.4, 0.5) is 5.95 Å². The molecule has 0 aliphatic carbocycles. The molecule has 0 amide bonds. The third kappa shape index (κ3) is 5.96. The third-order valence-corrected chi connectivity index (χ3v) is 7.72. The van der Waals surface area contributed by atoms with Crippen molar-refractivity contribution < 1.29 is 22.6 Å². The molecule has 37 heavy (non-hydrogen) atoms. The number of hydrogen-bond donors (Lipinski definition) is 1. The van der Waals surface area contributed by atoms with Crippen LogP contribution in [0.25, 0.3) is 11.4 Å². The van der Waals surface area contributed by atoms with Crippen molar-refractivity contribution in [1.29, 1.82) is 0 Å². The summed E-state index contributed by atoms with van der Waals surface area (Å²) in [5.41, 5.74) is 0.528. The van der Waals surface area contributed by atoms with Gasteiger partial charge in [0.25, 0.3) is 0 Å². The van der Waals surface area contributed by atoms with Gasteiger partial charge in [-0.05, 0) is 33.8 Å². The summed E-state index contributed by atoms with van der Waals surface area (Å²) < 4.78 is 48.9. The second kappa shape index (κ2) is 11.4. The molecular formula is C22H27Cl2N7O5S. The minimum absolute atomic E-state index is 0.00346. The molecule has 4 rings (SSSR count). The van der Waals surface area contributed by atoms with Gasteiger partial charge in [0.05, 0.1) is 29.3 Å². The summed E-state index contributed by atoms with van der Waals surface area (Å²) in [6.45, 7) is 7.77. The molecule has 1 aliphatic heterocycles. The van der Waals surface area contributed by atoms with Crippen molar-refractivity contribution in [1.82, 2.24) is 29.7 Å². The van der Waals surface area contributed by atoms with E-state index in [0.717, 1.165) is 0 Å². The van der Waals surface area contributed by atoms with Crippen molar-refractivity contribution in [3.05, 3.63) is 40.7 Å². The normalized spacial score (nSPS) is 16.9. The number of rotatable bonds is 10. The summed E-state index contributed by atoms with van der Waals surface area (Å²) in [6.07, 6.45) is 3.02. The molecule has 0 saturated heterocycles. The number of fused-ring (bicyclic) bond motifs is 3. The van der Waals surface area contributed by atoms with Crippen LogP contribution in [0.1, 0.15) is 45.7 Å². The lowest BCUT2D eigenvalue weighted by Gasteiger charge is -2.26. The zero-order valence-electron chi connectivity index (χ0n) is 20.6. The van der Waals surface area contributed by atoms with Gasteiger partial charge in [0.2, 0.25) is 16.0 Å². The van der Waals surface area contributed by atoms with Crippen molar-refractivity contribution >= 4 is 39.2 Å². The average Bonchev–Trinajstić information content (AvgIpc) is 3.17. The fourth-order valence-electron chi connectivity index (χ4n) is 3.78. The summed E-state index contributed by atoms with van der Waals surface area (Å²) in [4.78, 5) is 12.4. The van der Waals surface area contributed by atoms with Crippen molar-refractivity contribution in [2.75, 3.05) is 24.5 Å². The SMILES string of the molecule is CCOC[C@@H]1COc2c(ccnc2Cl)-c2nnc(NS(=O)(=O)[C@@H](C)[C@@H](OC(C)C)c3ncc(Cl)cn3)n21. The van der Waals surface area contributed by atoms with Gasteiger partial charge in [0.1, 0.15) is 18.0 Å². The number of anilines is 1. The highest BCUT2D eigenvalue weighted by Crippen LogP contribution is 2.39. The first-order valence-corrected chi connectivity index (χ1v) is 13.9. The quantitative estimate of drug-likeness (QED) is 0.357. The van der Waals surface area contributed by atoms with E-state index in [1.165, 1.54) is 25.5 Å². The first kappa shape index (κ1) is 27.5. The Morgan fingerprint density at radius 3 is 2.59 bits per heavy atom. The molecule has 3 atom stereocenters. The van der Waals surface area contributed by atoms with Gasteiger partial charge >= 0.3 is 0 Å². The van der Waals surface area contributed by atoms with Crippen LogP contribution in [0.2, 0.25) is 10.2 Å². The molecule has 3 aromatic heterocycles. The van der Waals surface area contributed by atoms with E-state index in [1.54, 1.807) is 24.5 Å². The average molecular weight is 572 g/mol. The Labute approximate surface area is 224 Å². The van der Waals surface area contributed by atoms with Crippen LogP contribution in [-0.4, -0.2) is 69.3 Å². The predicted octanol–water partition coefficient (Wildman–Crippen LogP) is 3.70. The number of halogens is 2. The number of nitrogens with one attached hydrogen (secondary N) is 1. The van der Waals surface area contributed by atoms with Crippen LogP contribution in [0, 0.1) is 0 Å². The van der Waals surface area contributed by atoms with E-state index < -0.39 is 27.4 Å². The standard InChI is InChI=1S/C22H27Cl2N7O5S/c1-5-34-10-15-11-35-18-16(6-7-25-19(18)24)21-28-29-22(31(15)21)30-37(32,33)13(4)17(36-12(2)3)20-26-8-14(23)9-27-20/h6-9,12-13,15,17H,5,10-11H2,1-4H3,(H,29,30)/t13-,15+,17+/m0/s1. The van der Waals surface area contributed by atoms with Crippen molar-refractivity contribution in [3.63, 3.8) is 0 Å². The molecule has 0 unspecified atom stereocenters. The maximum atomic E-state index is 13.6. The minimum Gasteiger partial charge on any atom is -0.487 e. The Morgan fingerprint density at radius 1 is 1.19 bits per heavy atom. The number of hydrogen-bond acceptors (Lipinski definition) is 10. The van der Waals surface area contributed by atoms with E-state index in [2.05, 4.69) is 29.9 Å². The second-order valence-corrected chi connectivity index (χ2v) is 11.4. The van der Waals surface area contributed by atoms with E-state index in [-0.39, 0.29) is 36.2 Å². The molecule has 200 valence electrons. The highest BCUT2D eigenvalue weighted by atomic mass is 35.5. The molecule has 4 heterocycles. The van der Waals surface area contributed by atoms with Crippen LogP contribution in [0.3, 0.4) is 0 Å².